The molecular formula is C16H29NO4. The number of hydrogen-bond donors (Lipinski definition) is 1. The lowest BCUT2D eigenvalue weighted by molar-refractivity contribution is -0.149. The molecule has 1 saturated heterocycles. The van der Waals surface area contributed by atoms with Gasteiger partial charge in [0.2, 0.25) is 0 Å². The van der Waals surface area contributed by atoms with Crippen molar-refractivity contribution in [1.82, 2.24) is 4.90 Å². The minimum absolute atomic E-state index is 0.0353. The summed E-state index contributed by atoms with van der Waals surface area (Å²) in [7, 11) is 0. The summed E-state index contributed by atoms with van der Waals surface area (Å²) in [5.74, 6) is -0.0321. The number of aliphatic hydroxyl groups is 1. The van der Waals surface area contributed by atoms with Crippen molar-refractivity contribution in [3.05, 3.63) is 0 Å². The molecule has 1 aliphatic heterocycles. The molecule has 0 aromatic rings. The van der Waals surface area contributed by atoms with E-state index in [9.17, 15) is 9.90 Å². The van der Waals surface area contributed by atoms with E-state index in [2.05, 4.69) is 4.90 Å². The zero-order chi connectivity index (χ0) is 15.1. The number of rotatable bonds is 7. The molecule has 0 aromatic heterocycles. The number of aliphatic hydroxyl groups excluding tert-OH is 1. The van der Waals surface area contributed by atoms with Crippen LogP contribution in [0.4, 0.5) is 0 Å². The summed E-state index contributed by atoms with van der Waals surface area (Å²) in [5.41, 5.74) is 0. The molecule has 1 heterocycles. The van der Waals surface area contributed by atoms with E-state index in [1.54, 1.807) is 0 Å². The Morgan fingerprint density at radius 1 is 1.24 bits per heavy atom. The van der Waals surface area contributed by atoms with E-state index in [4.69, 9.17) is 9.47 Å². The number of β-amino-alcohol motifs (C(OH)–C–C–N with tert-alkyl or cyclic N) is 1. The predicted octanol–water partition coefficient (Wildman–Crippen LogP) is 1.58. The third-order valence-corrected chi connectivity index (χ3v) is 4.50. The molecule has 0 bridgehead atoms. The van der Waals surface area contributed by atoms with Crippen molar-refractivity contribution >= 4 is 5.97 Å². The van der Waals surface area contributed by atoms with Crippen LogP contribution in [0.1, 0.15) is 45.4 Å². The summed E-state index contributed by atoms with van der Waals surface area (Å²) >= 11 is 0. The number of piperidine rings is 1. The van der Waals surface area contributed by atoms with Gasteiger partial charge in [0, 0.05) is 6.54 Å². The van der Waals surface area contributed by atoms with Crippen molar-refractivity contribution in [3.63, 3.8) is 0 Å². The largest absolute Gasteiger partial charge is 0.466 e. The standard InChI is InChI=1S/C16H29NO4/c1-2-20-16(19)13-7-9-17(10-8-13)11-14(18)12-21-15-5-3-4-6-15/h13-15,18H,2-12H2,1H3/t14-/m1/s1. The Kier molecular flexibility index (Phi) is 6.93. The molecule has 21 heavy (non-hydrogen) atoms. The van der Waals surface area contributed by atoms with Crippen LogP contribution in [0.2, 0.25) is 0 Å². The first-order chi connectivity index (χ1) is 10.2. The molecule has 1 aliphatic carbocycles. The van der Waals surface area contributed by atoms with Crippen molar-refractivity contribution in [1.29, 1.82) is 0 Å². The Morgan fingerprint density at radius 3 is 2.52 bits per heavy atom. The molecule has 2 fully saturated rings. The maximum Gasteiger partial charge on any atom is 0.309 e. The van der Waals surface area contributed by atoms with E-state index in [-0.39, 0.29) is 11.9 Å². The number of carbonyl (C=O) groups is 1. The summed E-state index contributed by atoms with van der Waals surface area (Å²) in [6, 6.07) is 0. The van der Waals surface area contributed by atoms with Gasteiger partial charge in [-0.2, -0.15) is 0 Å². The fraction of sp³-hybridized carbons (Fsp3) is 0.938. The van der Waals surface area contributed by atoms with Crippen LogP contribution in [0.15, 0.2) is 0 Å². The van der Waals surface area contributed by atoms with E-state index < -0.39 is 6.10 Å². The Labute approximate surface area is 127 Å². The summed E-state index contributed by atoms with van der Waals surface area (Å²) in [5, 5.41) is 10.1. The van der Waals surface area contributed by atoms with Gasteiger partial charge in [0.05, 0.1) is 31.3 Å². The number of hydrogen-bond acceptors (Lipinski definition) is 5. The quantitative estimate of drug-likeness (QED) is 0.723. The molecule has 0 amide bonds. The minimum Gasteiger partial charge on any atom is -0.466 e. The maximum absolute atomic E-state index is 11.7. The van der Waals surface area contributed by atoms with Gasteiger partial charge in [0.25, 0.3) is 0 Å². The van der Waals surface area contributed by atoms with E-state index in [0.29, 0.717) is 25.9 Å². The van der Waals surface area contributed by atoms with Crippen LogP contribution >= 0.6 is 0 Å². The lowest BCUT2D eigenvalue weighted by Gasteiger charge is -2.32. The summed E-state index contributed by atoms with van der Waals surface area (Å²) in [6.45, 7) is 5.07. The molecular weight excluding hydrogens is 270 g/mol. The monoisotopic (exact) mass is 299 g/mol. The Morgan fingerprint density at radius 2 is 1.90 bits per heavy atom. The molecule has 2 rings (SSSR count). The van der Waals surface area contributed by atoms with E-state index in [1.807, 2.05) is 6.92 Å². The maximum atomic E-state index is 11.7. The zero-order valence-electron chi connectivity index (χ0n) is 13.1. The lowest BCUT2D eigenvalue weighted by atomic mass is 9.97. The molecule has 5 heteroatoms. The predicted molar refractivity (Wildman–Crippen MR) is 80.0 cm³/mol. The molecule has 1 atom stereocenters. The molecule has 5 nitrogen and oxygen atoms in total. The van der Waals surface area contributed by atoms with Crippen molar-refractivity contribution in [3.8, 4) is 0 Å². The highest BCUT2D eigenvalue weighted by molar-refractivity contribution is 5.72. The van der Waals surface area contributed by atoms with Gasteiger partial charge < -0.3 is 19.5 Å². The van der Waals surface area contributed by atoms with Gasteiger partial charge in [-0.05, 0) is 45.7 Å². The van der Waals surface area contributed by atoms with E-state index >= 15 is 0 Å². The van der Waals surface area contributed by atoms with Crippen molar-refractivity contribution < 1.29 is 19.4 Å². The Bertz CT molecular complexity index is 309. The van der Waals surface area contributed by atoms with Gasteiger partial charge in [-0.25, -0.2) is 0 Å². The fourth-order valence-corrected chi connectivity index (χ4v) is 3.26. The third kappa shape index (κ3) is 5.57. The summed E-state index contributed by atoms with van der Waals surface area (Å²) in [6.07, 6.45) is 6.36. The number of likely N-dealkylation sites (tertiary alicyclic amines) is 1. The molecule has 0 spiro atoms. The van der Waals surface area contributed by atoms with Gasteiger partial charge in [-0.1, -0.05) is 12.8 Å². The average molecular weight is 299 g/mol. The van der Waals surface area contributed by atoms with E-state index in [0.717, 1.165) is 38.8 Å². The van der Waals surface area contributed by atoms with Crippen LogP contribution in [0, 0.1) is 5.92 Å². The first kappa shape index (κ1) is 16.7. The highest BCUT2D eigenvalue weighted by Gasteiger charge is 2.27. The van der Waals surface area contributed by atoms with Gasteiger partial charge in [0.15, 0.2) is 0 Å². The fourth-order valence-electron chi connectivity index (χ4n) is 3.26. The van der Waals surface area contributed by atoms with Crippen LogP contribution in [0.3, 0.4) is 0 Å². The highest BCUT2D eigenvalue weighted by Crippen LogP contribution is 2.21. The number of carbonyl (C=O) groups excluding carboxylic acids is 1. The SMILES string of the molecule is CCOC(=O)C1CCN(C[C@@H](O)COC2CCCC2)CC1. The molecule has 0 aromatic carbocycles. The van der Waals surface area contributed by atoms with Gasteiger partial charge >= 0.3 is 5.97 Å². The Balaban J connectivity index is 1.60. The van der Waals surface area contributed by atoms with Crippen LogP contribution in [0.5, 0.6) is 0 Å². The average Bonchev–Trinajstić information content (AvgIpc) is 2.99. The molecule has 1 saturated carbocycles. The van der Waals surface area contributed by atoms with Gasteiger partial charge in [-0.3, -0.25) is 4.79 Å². The molecule has 122 valence electrons. The normalized spacial score (nSPS) is 23.3. The van der Waals surface area contributed by atoms with Crippen LogP contribution in [0.25, 0.3) is 0 Å². The summed E-state index contributed by atoms with van der Waals surface area (Å²) < 4.78 is 10.8. The minimum atomic E-state index is -0.426. The molecule has 2 aliphatic rings. The number of ether oxygens (including phenoxy) is 2. The second-order valence-electron chi connectivity index (χ2n) is 6.22. The Hall–Kier alpha value is -0.650. The van der Waals surface area contributed by atoms with Gasteiger partial charge in [0.1, 0.15) is 0 Å². The topological polar surface area (TPSA) is 59.0 Å². The second-order valence-corrected chi connectivity index (χ2v) is 6.22. The van der Waals surface area contributed by atoms with Crippen LogP contribution < -0.4 is 0 Å². The lowest BCUT2D eigenvalue weighted by Crippen LogP contribution is -2.42. The smallest absolute Gasteiger partial charge is 0.309 e. The first-order valence-electron chi connectivity index (χ1n) is 8.37. The zero-order valence-corrected chi connectivity index (χ0v) is 13.1. The van der Waals surface area contributed by atoms with E-state index in [1.165, 1.54) is 12.8 Å². The van der Waals surface area contributed by atoms with Crippen molar-refractivity contribution in [2.24, 2.45) is 5.92 Å². The molecule has 0 radical (unpaired) electrons. The molecule has 0 unspecified atom stereocenters. The van der Waals surface area contributed by atoms with Crippen LogP contribution in [-0.4, -0.2) is 61.0 Å². The third-order valence-electron chi connectivity index (χ3n) is 4.50. The van der Waals surface area contributed by atoms with Crippen molar-refractivity contribution in [2.45, 2.75) is 57.7 Å². The first-order valence-corrected chi connectivity index (χ1v) is 8.37. The molecule has 1 N–H and O–H groups in total. The highest BCUT2D eigenvalue weighted by atomic mass is 16.5. The van der Waals surface area contributed by atoms with Gasteiger partial charge in [-0.15, -0.1) is 0 Å². The number of nitrogens with zero attached hydrogens (tertiary/aromatic N) is 1. The van der Waals surface area contributed by atoms with Crippen molar-refractivity contribution in [2.75, 3.05) is 32.8 Å². The number of esters is 1. The second kappa shape index (κ2) is 8.71. The van der Waals surface area contributed by atoms with Crippen LogP contribution in [-0.2, 0) is 14.3 Å². The summed E-state index contributed by atoms with van der Waals surface area (Å²) in [4.78, 5) is 13.9.